The first kappa shape index (κ1) is 29.3. The topological polar surface area (TPSA) is 70.5 Å². The summed E-state index contributed by atoms with van der Waals surface area (Å²) >= 11 is 1.67. The summed E-state index contributed by atoms with van der Waals surface area (Å²) in [4.78, 5) is 24.1. The van der Waals surface area contributed by atoms with Gasteiger partial charge in [-0.25, -0.2) is 4.98 Å². The van der Waals surface area contributed by atoms with Crippen LogP contribution in [0.4, 0.5) is 0 Å². The second-order valence-corrected chi connectivity index (χ2v) is 14.1. The van der Waals surface area contributed by atoms with Gasteiger partial charge in [0.05, 0.1) is 39.2 Å². The maximum absolute atomic E-state index is 12.9. The number of carbonyl (C=O) groups is 1. The fourth-order valence-corrected chi connectivity index (χ4v) is 6.46. The van der Waals surface area contributed by atoms with Crippen LogP contribution in [0.1, 0.15) is 64.3 Å². The summed E-state index contributed by atoms with van der Waals surface area (Å²) in [6.45, 7) is 14.5. The SMILES string of the molecule is Cc1cc2nc(-c3cccs3)ccc2c(-c2ccc3c4c(ccnc24)CCO3)c1C(COC(=O)C(C)(C)C)OC(C)(C)C. The lowest BCUT2D eigenvalue weighted by Gasteiger charge is -2.31. The van der Waals surface area contributed by atoms with Crippen LogP contribution in [0.5, 0.6) is 5.75 Å². The third-order valence-electron chi connectivity index (χ3n) is 7.65. The van der Waals surface area contributed by atoms with Gasteiger partial charge in [-0.05, 0) is 119 Å². The average molecular weight is 595 g/mol. The molecule has 0 saturated heterocycles. The van der Waals surface area contributed by atoms with E-state index in [0.29, 0.717) is 6.61 Å². The fraction of sp³-hybridized carbons (Fsp3) is 0.361. The van der Waals surface area contributed by atoms with Crippen LogP contribution in [0.3, 0.4) is 0 Å². The molecule has 43 heavy (non-hydrogen) atoms. The minimum Gasteiger partial charge on any atom is -0.493 e. The van der Waals surface area contributed by atoms with Crippen molar-refractivity contribution in [2.24, 2.45) is 5.41 Å². The summed E-state index contributed by atoms with van der Waals surface area (Å²) in [6, 6.07) is 16.7. The summed E-state index contributed by atoms with van der Waals surface area (Å²) in [5.41, 5.74) is 6.75. The number of benzene rings is 2. The van der Waals surface area contributed by atoms with Gasteiger partial charge in [0.1, 0.15) is 18.5 Å². The van der Waals surface area contributed by atoms with E-state index in [1.165, 1.54) is 5.56 Å². The Balaban J connectivity index is 1.63. The van der Waals surface area contributed by atoms with Gasteiger partial charge in [0.25, 0.3) is 0 Å². The van der Waals surface area contributed by atoms with E-state index < -0.39 is 17.1 Å². The first-order valence-electron chi connectivity index (χ1n) is 14.8. The van der Waals surface area contributed by atoms with E-state index in [2.05, 4.69) is 48.7 Å². The van der Waals surface area contributed by atoms with Gasteiger partial charge in [-0.1, -0.05) is 6.07 Å². The van der Waals surface area contributed by atoms with Crippen LogP contribution in [0.15, 0.2) is 60.1 Å². The molecule has 2 aromatic carbocycles. The van der Waals surface area contributed by atoms with Crippen LogP contribution < -0.4 is 4.74 Å². The summed E-state index contributed by atoms with van der Waals surface area (Å²) in [7, 11) is 0. The highest BCUT2D eigenvalue weighted by Crippen LogP contribution is 2.45. The second kappa shape index (κ2) is 11.0. The molecule has 6 rings (SSSR count). The first-order valence-corrected chi connectivity index (χ1v) is 15.7. The zero-order valence-corrected chi connectivity index (χ0v) is 26.7. The Bertz CT molecular complexity index is 1820. The number of nitrogens with zero attached hydrogens (tertiary/aromatic N) is 2. The number of pyridine rings is 2. The maximum atomic E-state index is 12.9. The van der Waals surface area contributed by atoms with E-state index in [9.17, 15) is 4.79 Å². The number of rotatable bonds is 6. The van der Waals surface area contributed by atoms with Crippen molar-refractivity contribution in [3.05, 3.63) is 76.8 Å². The molecule has 0 radical (unpaired) electrons. The van der Waals surface area contributed by atoms with Gasteiger partial charge < -0.3 is 14.2 Å². The van der Waals surface area contributed by atoms with E-state index in [-0.39, 0.29) is 12.6 Å². The van der Waals surface area contributed by atoms with Crippen molar-refractivity contribution in [2.45, 2.75) is 66.6 Å². The van der Waals surface area contributed by atoms with E-state index >= 15 is 0 Å². The lowest BCUT2D eigenvalue weighted by molar-refractivity contribution is -0.162. The Labute approximate surface area is 257 Å². The molecule has 0 aliphatic carbocycles. The molecular formula is C36H38N2O4S. The van der Waals surface area contributed by atoms with Crippen LogP contribution in [-0.4, -0.2) is 34.8 Å². The molecule has 1 atom stereocenters. The molecule has 222 valence electrons. The van der Waals surface area contributed by atoms with E-state index in [1.807, 2.05) is 59.9 Å². The van der Waals surface area contributed by atoms with Gasteiger partial charge in [-0.3, -0.25) is 9.78 Å². The summed E-state index contributed by atoms with van der Waals surface area (Å²) < 4.78 is 18.7. The quantitative estimate of drug-likeness (QED) is 0.183. The number of hydrogen-bond acceptors (Lipinski definition) is 7. The molecule has 4 heterocycles. The highest BCUT2D eigenvalue weighted by molar-refractivity contribution is 7.13. The lowest BCUT2D eigenvalue weighted by Crippen LogP contribution is -2.30. The molecule has 7 heteroatoms. The third-order valence-corrected chi connectivity index (χ3v) is 8.54. The average Bonchev–Trinajstić information content (AvgIpc) is 3.49. The molecule has 0 amide bonds. The second-order valence-electron chi connectivity index (χ2n) is 13.2. The van der Waals surface area contributed by atoms with E-state index in [1.54, 1.807) is 11.3 Å². The predicted molar refractivity (Wildman–Crippen MR) is 174 cm³/mol. The minimum absolute atomic E-state index is 0.0885. The summed E-state index contributed by atoms with van der Waals surface area (Å²) in [5, 5.41) is 4.10. The van der Waals surface area contributed by atoms with Gasteiger partial charge in [0, 0.05) is 29.0 Å². The monoisotopic (exact) mass is 594 g/mol. The Morgan fingerprint density at radius 1 is 1.07 bits per heavy atom. The predicted octanol–water partition coefficient (Wildman–Crippen LogP) is 8.87. The molecule has 0 saturated carbocycles. The van der Waals surface area contributed by atoms with Gasteiger partial charge >= 0.3 is 5.97 Å². The van der Waals surface area contributed by atoms with Crippen LogP contribution in [0, 0.1) is 12.3 Å². The highest BCUT2D eigenvalue weighted by atomic mass is 32.1. The number of aromatic nitrogens is 2. The number of ether oxygens (including phenoxy) is 3. The fourth-order valence-electron chi connectivity index (χ4n) is 5.76. The number of thiophene rings is 1. The standard InChI is InChI=1S/C36H38N2O4S/c1-21-19-26-23(10-12-25(38-26)29-9-8-18-43-29)32(24-11-13-27-31-22(15-17-40-27)14-16-37-33(24)31)30(21)28(42-36(5,6)7)20-41-34(39)35(2,3)4/h8-14,16,18-19,28H,15,17,20H2,1-7H3. The minimum atomic E-state index is -0.629. The molecular weight excluding hydrogens is 556 g/mol. The van der Waals surface area contributed by atoms with Crippen molar-refractivity contribution < 1.29 is 19.0 Å². The normalized spacial score (nSPS) is 14.1. The Morgan fingerprint density at radius 3 is 2.60 bits per heavy atom. The number of fused-ring (bicyclic) bond motifs is 1. The van der Waals surface area contributed by atoms with Crippen LogP contribution in [0.2, 0.25) is 0 Å². The molecule has 5 aromatic rings. The van der Waals surface area contributed by atoms with Crippen LogP contribution in [0.25, 0.3) is 43.5 Å². The number of hydrogen-bond donors (Lipinski definition) is 0. The van der Waals surface area contributed by atoms with Gasteiger partial charge in [0.2, 0.25) is 0 Å². The van der Waals surface area contributed by atoms with Crippen molar-refractivity contribution >= 4 is 39.1 Å². The maximum Gasteiger partial charge on any atom is 0.311 e. The number of aryl methyl sites for hydroxylation is 1. The smallest absolute Gasteiger partial charge is 0.311 e. The van der Waals surface area contributed by atoms with Crippen molar-refractivity contribution in [3.63, 3.8) is 0 Å². The lowest BCUT2D eigenvalue weighted by atomic mass is 9.86. The molecule has 0 fully saturated rings. The summed E-state index contributed by atoms with van der Waals surface area (Å²) in [5.74, 6) is 0.587. The molecule has 0 bridgehead atoms. The largest absolute Gasteiger partial charge is 0.493 e. The van der Waals surface area contributed by atoms with E-state index in [0.717, 1.165) is 66.8 Å². The Morgan fingerprint density at radius 2 is 1.88 bits per heavy atom. The van der Waals surface area contributed by atoms with Gasteiger partial charge in [-0.2, -0.15) is 0 Å². The van der Waals surface area contributed by atoms with Gasteiger partial charge in [-0.15, -0.1) is 11.3 Å². The first-order chi connectivity index (χ1) is 20.4. The van der Waals surface area contributed by atoms with Crippen molar-refractivity contribution in [1.29, 1.82) is 0 Å². The molecule has 3 aromatic heterocycles. The number of carbonyl (C=O) groups excluding carboxylic acids is 1. The van der Waals surface area contributed by atoms with Crippen molar-refractivity contribution in [3.8, 4) is 27.4 Å². The highest BCUT2D eigenvalue weighted by Gasteiger charge is 2.31. The van der Waals surface area contributed by atoms with Crippen LogP contribution in [-0.2, 0) is 20.7 Å². The molecule has 0 N–H and O–H groups in total. The Kier molecular flexibility index (Phi) is 7.51. The number of esters is 1. The molecule has 1 aliphatic rings. The molecule has 0 spiro atoms. The van der Waals surface area contributed by atoms with Crippen molar-refractivity contribution in [1.82, 2.24) is 9.97 Å². The molecule has 1 unspecified atom stereocenters. The van der Waals surface area contributed by atoms with Crippen LogP contribution >= 0.6 is 11.3 Å². The summed E-state index contributed by atoms with van der Waals surface area (Å²) in [6.07, 6.45) is 2.20. The third kappa shape index (κ3) is 5.76. The van der Waals surface area contributed by atoms with Crippen molar-refractivity contribution in [2.75, 3.05) is 13.2 Å². The molecule has 6 nitrogen and oxygen atoms in total. The Hall–Kier alpha value is -3.81. The van der Waals surface area contributed by atoms with Gasteiger partial charge in [0.15, 0.2) is 0 Å². The molecule has 1 aliphatic heterocycles. The zero-order chi connectivity index (χ0) is 30.5. The zero-order valence-electron chi connectivity index (χ0n) is 25.9. The van der Waals surface area contributed by atoms with E-state index in [4.69, 9.17) is 24.2 Å².